The van der Waals surface area contributed by atoms with Gasteiger partial charge in [0.25, 0.3) is 5.91 Å². The molecule has 3 heterocycles. The maximum Gasteiger partial charge on any atom is 0.251 e. The second kappa shape index (κ2) is 5.56. The summed E-state index contributed by atoms with van der Waals surface area (Å²) in [7, 11) is 0. The zero-order valence-corrected chi connectivity index (χ0v) is 14.3. The van der Waals surface area contributed by atoms with Crippen molar-refractivity contribution in [2.24, 2.45) is 0 Å². The molecule has 0 bridgehead atoms. The maximum absolute atomic E-state index is 11.8. The topological polar surface area (TPSA) is 57.8 Å². The Bertz CT molecular complexity index is 1170. The molecule has 0 spiro atoms. The van der Waals surface area contributed by atoms with Gasteiger partial charge in [0, 0.05) is 41.0 Å². The van der Waals surface area contributed by atoms with E-state index in [0.29, 0.717) is 6.54 Å². The maximum atomic E-state index is 11.8. The number of rotatable bonds is 2. The van der Waals surface area contributed by atoms with Gasteiger partial charge in [-0.3, -0.25) is 4.79 Å². The summed E-state index contributed by atoms with van der Waals surface area (Å²) in [5, 5.41) is 3.96. The molecule has 2 N–H and O–H groups in total. The third-order valence-corrected chi connectivity index (χ3v) is 5.09. The number of carbonyl (C=O) groups excluding carboxylic acids is 1. The molecule has 0 saturated heterocycles. The Morgan fingerprint density at radius 2 is 1.85 bits per heavy atom. The SMILES string of the molecule is Cc1ccccc1-c1cnc2[nH]cc(-c3ccc4c(c3)CNC4=O)c2c1. The Morgan fingerprint density at radius 3 is 2.73 bits per heavy atom. The van der Waals surface area contributed by atoms with Crippen LogP contribution >= 0.6 is 0 Å². The first-order valence-corrected chi connectivity index (χ1v) is 8.65. The van der Waals surface area contributed by atoms with Crippen molar-refractivity contribution in [2.75, 3.05) is 0 Å². The molecule has 4 heteroatoms. The van der Waals surface area contributed by atoms with Crippen molar-refractivity contribution >= 4 is 16.9 Å². The lowest BCUT2D eigenvalue weighted by Gasteiger charge is -2.07. The normalized spacial score (nSPS) is 13.0. The zero-order chi connectivity index (χ0) is 17.7. The van der Waals surface area contributed by atoms with Crippen molar-refractivity contribution in [3.8, 4) is 22.3 Å². The summed E-state index contributed by atoms with van der Waals surface area (Å²) in [4.78, 5) is 19.7. The fourth-order valence-corrected chi connectivity index (χ4v) is 3.69. The lowest BCUT2D eigenvalue weighted by Crippen LogP contribution is -2.12. The summed E-state index contributed by atoms with van der Waals surface area (Å²) in [5.74, 6) is 0.00832. The fraction of sp³-hybridized carbons (Fsp3) is 0.0909. The number of hydrogen-bond donors (Lipinski definition) is 2. The highest BCUT2D eigenvalue weighted by molar-refractivity contribution is 6.00. The van der Waals surface area contributed by atoms with E-state index in [4.69, 9.17) is 0 Å². The highest BCUT2D eigenvalue weighted by Gasteiger charge is 2.19. The number of pyridine rings is 1. The van der Waals surface area contributed by atoms with E-state index in [9.17, 15) is 4.79 Å². The van der Waals surface area contributed by atoms with Crippen molar-refractivity contribution in [3.05, 3.63) is 77.6 Å². The number of carbonyl (C=O) groups is 1. The molecule has 1 aliphatic rings. The molecule has 4 aromatic rings. The summed E-state index contributed by atoms with van der Waals surface area (Å²) in [6.45, 7) is 2.71. The van der Waals surface area contributed by atoms with Crippen LogP contribution in [0.3, 0.4) is 0 Å². The molecular weight excluding hydrogens is 322 g/mol. The van der Waals surface area contributed by atoms with Crippen molar-refractivity contribution < 1.29 is 4.79 Å². The Hall–Kier alpha value is -3.40. The molecule has 5 rings (SSSR count). The Labute approximate surface area is 150 Å². The molecule has 126 valence electrons. The Kier molecular flexibility index (Phi) is 3.19. The molecule has 0 fully saturated rings. The first-order chi connectivity index (χ1) is 12.7. The minimum Gasteiger partial charge on any atom is -0.348 e. The van der Waals surface area contributed by atoms with Crippen LogP contribution in [0, 0.1) is 6.92 Å². The average molecular weight is 339 g/mol. The number of nitrogens with zero attached hydrogens (tertiary/aromatic N) is 1. The number of fused-ring (bicyclic) bond motifs is 2. The number of amides is 1. The van der Waals surface area contributed by atoms with E-state index in [-0.39, 0.29) is 5.91 Å². The van der Waals surface area contributed by atoms with Gasteiger partial charge < -0.3 is 10.3 Å². The molecule has 1 amide bonds. The van der Waals surface area contributed by atoms with Crippen molar-refractivity contribution in [1.82, 2.24) is 15.3 Å². The number of aromatic nitrogens is 2. The van der Waals surface area contributed by atoms with Gasteiger partial charge in [0.15, 0.2) is 0 Å². The number of benzene rings is 2. The van der Waals surface area contributed by atoms with Crippen LogP contribution in [0.1, 0.15) is 21.5 Å². The van der Waals surface area contributed by atoms with Gasteiger partial charge in [-0.2, -0.15) is 0 Å². The van der Waals surface area contributed by atoms with Crippen molar-refractivity contribution in [1.29, 1.82) is 0 Å². The van der Waals surface area contributed by atoms with Gasteiger partial charge in [0.1, 0.15) is 5.65 Å². The van der Waals surface area contributed by atoms with E-state index >= 15 is 0 Å². The smallest absolute Gasteiger partial charge is 0.251 e. The largest absolute Gasteiger partial charge is 0.348 e. The van der Waals surface area contributed by atoms with Crippen LogP contribution in [0.25, 0.3) is 33.3 Å². The molecule has 0 atom stereocenters. The minimum absolute atomic E-state index is 0.00832. The van der Waals surface area contributed by atoms with E-state index in [1.54, 1.807) is 0 Å². The number of aryl methyl sites for hydroxylation is 1. The summed E-state index contributed by atoms with van der Waals surface area (Å²) < 4.78 is 0. The van der Waals surface area contributed by atoms with Crippen molar-refractivity contribution in [2.45, 2.75) is 13.5 Å². The monoisotopic (exact) mass is 339 g/mol. The highest BCUT2D eigenvalue weighted by atomic mass is 16.1. The van der Waals surface area contributed by atoms with Crippen LogP contribution in [0.15, 0.2) is 60.9 Å². The van der Waals surface area contributed by atoms with E-state index in [2.05, 4.69) is 52.5 Å². The highest BCUT2D eigenvalue weighted by Crippen LogP contribution is 2.33. The van der Waals surface area contributed by atoms with Crippen LogP contribution in [-0.4, -0.2) is 15.9 Å². The minimum atomic E-state index is 0.00832. The molecule has 2 aromatic carbocycles. The van der Waals surface area contributed by atoms with Crippen LogP contribution in [-0.2, 0) is 6.54 Å². The predicted molar refractivity (Wildman–Crippen MR) is 103 cm³/mol. The van der Waals surface area contributed by atoms with Crippen LogP contribution in [0.4, 0.5) is 0 Å². The van der Waals surface area contributed by atoms with Gasteiger partial charge in [-0.15, -0.1) is 0 Å². The first kappa shape index (κ1) is 14.9. The number of hydrogen-bond acceptors (Lipinski definition) is 2. The Balaban J connectivity index is 1.67. The van der Waals surface area contributed by atoms with Crippen LogP contribution in [0.2, 0.25) is 0 Å². The quantitative estimate of drug-likeness (QED) is 0.567. The summed E-state index contributed by atoms with van der Waals surface area (Å²) in [5.41, 5.74) is 8.41. The second-order valence-electron chi connectivity index (χ2n) is 6.69. The van der Waals surface area contributed by atoms with Crippen LogP contribution in [0.5, 0.6) is 0 Å². The van der Waals surface area contributed by atoms with E-state index < -0.39 is 0 Å². The molecule has 26 heavy (non-hydrogen) atoms. The third-order valence-electron chi connectivity index (χ3n) is 5.09. The molecule has 0 unspecified atom stereocenters. The molecule has 0 radical (unpaired) electrons. The molecule has 4 nitrogen and oxygen atoms in total. The predicted octanol–water partition coefficient (Wildman–Crippen LogP) is 4.45. The number of nitrogens with one attached hydrogen (secondary N) is 2. The summed E-state index contributed by atoms with van der Waals surface area (Å²) in [6, 6.07) is 16.5. The summed E-state index contributed by atoms with van der Waals surface area (Å²) in [6.07, 6.45) is 3.90. The number of aromatic amines is 1. The Morgan fingerprint density at radius 1 is 0.962 bits per heavy atom. The van der Waals surface area contributed by atoms with Gasteiger partial charge >= 0.3 is 0 Å². The molecule has 0 saturated carbocycles. The molecule has 2 aromatic heterocycles. The van der Waals surface area contributed by atoms with Gasteiger partial charge in [-0.1, -0.05) is 30.3 Å². The van der Waals surface area contributed by atoms with Gasteiger partial charge in [0.2, 0.25) is 0 Å². The van der Waals surface area contributed by atoms with E-state index in [1.165, 1.54) is 11.1 Å². The zero-order valence-electron chi connectivity index (χ0n) is 14.3. The van der Waals surface area contributed by atoms with Gasteiger partial charge in [-0.05, 0) is 47.4 Å². The lowest BCUT2D eigenvalue weighted by atomic mass is 9.98. The number of H-pyrrole nitrogens is 1. The van der Waals surface area contributed by atoms with E-state index in [1.807, 2.05) is 30.6 Å². The molecular formula is C22H17N3O. The van der Waals surface area contributed by atoms with Gasteiger partial charge in [0.05, 0.1) is 0 Å². The average Bonchev–Trinajstić information content (AvgIpc) is 3.25. The first-order valence-electron chi connectivity index (χ1n) is 8.65. The standard InChI is InChI=1S/C22H17N3O/c1-13-4-2-3-5-17(13)16-9-19-20(12-24-21(19)23-10-16)14-6-7-18-15(8-14)11-25-22(18)26/h2-10,12H,11H2,1H3,(H,23,24)(H,25,26). The van der Waals surface area contributed by atoms with Crippen LogP contribution < -0.4 is 5.32 Å². The third kappa shape index (κ3) is 2.23. The lowest BCUT2D eigenvalue weighted by molar-refractivity contribution is 0.0966. The summed E-state index contributed by atoms with van der Waals surface area (Å²) >= 11 is 0. The molecule has 1 aliphatic heterocycles. The second-order valence-corrected chi connectivity index (χ2v) is 6.69. The van der Waals surface area contributed by atoms with Crippen molar-refractivity contribution in [3.63, 3.8) is 0 Å². The van der Waals surface area contributed by atoms with E-state index in [0.717, 1.165) is 38.9 Å². The fourth-order valence-electron chi connectivity index (χ4n) is 3.69. The molecule has 0 aliphatic carbocycles. The van der Waals surface area contributed by atoms with Gasteiger partial charge in [-0.25, -0.2) is 4.98 Å².